The minimum absolute atomic E-state index is 0.0408. The van der Waals surface area contributed by atoms with Gasteiger partial charge in [-0.25, -0.2) is 9.98 Å². The van der Waals surface area contributed by atoms with Crippen LogP contribution in [-0.2, 0) is 0 Å². The molecule has 0 spiro atoms. The first-order valence-electron chi connectivity index (χ1n) is 7.30. The molecule has 2 atom stereocenters. The Hall–Kier alpha value is -2.53. The summed E-state index contributed by atoms with van der Waals surface area (Å²) in [6, 6.07) is 17.5. The lowest BCUT2D eigenvalue weighted by Crippen LogP contribution is -1.99. The quantitative estimate of drug-likeness (QED) is 0.646. The summed E-state index contributed by atoms with van der Waals surface area (Å²) in [5, 5.41) is 0.774. The van der Waals surface area contributed by atoms with E-state index < -0.39 is 0 Å². The van der Waals surface area contributed by atoms with Crippen molar-refractivity contribution in [3.63, 3.8) is 0 Å². The molecule has 0 unspecified atom stereocenters. The minimum Gasteiger partial charge on any atom is -0.468 e. The predicted octanol–water partition coefficient (Wildman–Crippen LogP) is 4.88. The molecule has 0 fully saturated rings. The van der Waals surface area contributed by atoms with Crippen LogP contribution in [0.4, 0.5) is 0 Å². The standard InChI is InChI=1S/C18H14N2O2S/c1-2-6-13(7-3-1)12-19-18-20-16(14-8-4-10-21-14)17(23-18)15-9-5-11-22-15/h1-12,16-17H/t16-,17+/m1/s1. The highest BCUT2D eigenvalue weighted by Gasteiger charge is 2.36. The van der Waals surface area contributed by atoms with E-state index in [2.05, 4.69) is 4.99 Å². The molecule has 0 aliphatic carbocycles. The summed E-state index contributed by atoms with van der Waals surface area (Å²) in [7, 11) is 0. The number of hydrogen-bond donors (Lipinski definition) is 0. The first-order valence-corrected chi connectivity index (χ1v) is 8.18. The van der Waals surface area contributed by atoms with Gasteiger partial charge in [-0.2, -0.15) is 0 Å². The van der Waals surface area contributed by atoms with E-state index in [1.165, 1.54) is 0 Å². The fourth-order valence-corrected chi connectivity index (χ4v) is 3.56. The van der Waals surface area contributed by atoms with Gasteiger partial charge in [-0.3, -0.25) is 0 Å². The molecular weight excluding hydrogens is 308 g/mol. The molecule has 0 N–H and O–H groups in total. The van der Waals surface area contributed by atoms with Gasteiger partial charge in [0.1, 0.15) is 22.8 Å². The van der Waals surface area contributed by atoms with E-state index in [1.54, 1.807) is 24.3 Å². The molecule has 5 heteroatoms. The Morgan fingerprint density at radius 3 is 2.35 bits per heavy atom. The van der Waals surface area contributed by atoms with Gasteiger partial charge in [0.25, 0.3) is 0 Å². The summed E-state index contributed by atoms with van der Waals surface area (Å²) in [5.74, 6) is 1.70. The Morgan fingerprint density at radius 1 is 0.913 bits per heavy atom. The van der Waals surface area contributed by atoms with Crippen LogP contribution < -0.4 is 0 Å². The topological polar surface area (TPSA) is 51.0 Å². The van der Waals surface area contributed by atoms with Gasteiger partial charge in [0.2, 0.25) is 0 Å². The zero-order valence-corrected chi connectivity index (χ0v) is 13.0. The Morgan fingerprint density at radius 2 is 1.65 bits per heavy atom. The highest BCUT2D eigenvalue weighted by molar-refractivity contribution is 8.14. The van der Waals surface area contributed by atoms with Crippen molar-refractivity contribution in [1.82, 2.24) is 0 Å². The van der Waals surface area contributed by atoms with Crippen molar-refractivity contribution in [2.45, 2.75) is 11.3 Å². The van der Waals surface area contributed by atoms with E-state index >= 15 is 0 Å². The predicted molar refractivity (Wildman–Crippen MR) is 92.0 cm³/mol. The van der Waals surface area contributed by atoms with E-state index in [-0.39, 0.29) is 11.3 Å². The highest BCUT2D eigenvalue weighted by atomic mass is 32.2. The van der Waals surface area contributed by atoms with Gasteiger partial charge in [-0.05, 0) is 29.8 Å². The molecule has 0 radical (unpaired) electrons. The van der Waals surface area contributed by atoms with Crippen molar-refractivity contribution < 1.29 is 8.83 Å². The fraction of sp³-hybridized carbons (Fsp3) is 0.111. The lowest BCUT2D eigenvalue weighted by Gasteiger charge is -2.11. The Kier molecular flexibility index (Phi) is 3.86. The molecule has 0 bridgehead atoms. The molecule has 0 saturated heterocycles. The maximum atomic E-state index is 5.57. The van der Waals surface area contributed by atoms with Crippen molar-refractivity contribution in [3.8, 4) is 0 Å². The first-order chi connectivity index (χ1) is 11.4. The van der Waals surface area contributed by atoms with Crippen LogP contribution in [-0.4, -0.2) is 11.4 Å². The molecule has 0 amide bonds. The molecule has 3 aromatic rings. The monoisotopic (exact) mass is 322 g/mol. The normalized spacial score (nSPS) is 21.0. The third kappa shape index (κ3) is 3.00. The van der Waals surface area contributed by atoms with Crippen molar-refractivity contribution >= 4 is 23.1 Å². The van der Waals surface area contributed by atoms with Crippen LogP contribution in [0.15, 0.2) is 85.9 Å². The van der Waals surface area contributed by atoms with Gasteiger partial charge in [0, 0.05) is 6.21 Å². The molecule has 114 valence electrons. The number of thioether (sulfide) groups is 1. The largest absolute Gasteiger partial charge is 0.468 e. The number of nitrogens with zero attached hydrogens (tertiary/aromatic N) is 2. The van der Waals surface area contributed by atoms with Crippen molar-refractivity contribution in [2.24, 2.45) is 9.98 Å². The van der Waals surface area contributed by atoms with Crippen molar-refractivity contribution in [3.05, 3.63) is 84.2 Å². The first kappa shape index (κ1) is 14.1. The number of furan rings is 2. The lowest BCUT2D eigenvalue weighted by atomic mass is 10.1. The Bertz CT molecular complexity index is 808. The van der Waals surface area contributed by atoms with E-state index in [1.807, 2.05) is 60.8 Å². The molecule has 2 aromatic heterocycles. The number of aliphatic imine (C=N–C) groups is 2. The average molecular weight is 322 g/mol. The molecule has 3 heterocycles. The molecule has 23 heavy (non-hydrogen) atoms. The van der Waals surface area contributed by atoms with Crippen LogP contribution in [0.3, 0.4) is 0 Å². The third-order valence-corrected chi connectivity index (χ3v) is 4.72. The smallest absolute Gasteiger partial charge is 0.184 e. The van der Waals surface area contributed by atoms with Gasteiger partial charge in [-0.15, -0.1) is 0 Å². The van der Waals surface area contributed by atoms with Gasteiger partial charge in [0.15, 0.2) is 5.17 Å². The van der Waals surface area contributed by atoms with Crippen LogP contribution in [0.1, 0.15) is 28.4 Å². The van der Waals surface area contributed by atoms with E-state index in [0.29, 0.717) is 0 Å². The second-order valence-electron chi connectivity index (χ2n) is 5.09. The molecular formula is C18H14N2O2S. The summed E-state index contributed by atoms with van der Waals surface area (Å²) in [6.45, 7) is 0. The Balaban J connectivity index is 1.61. The second kappa shape index (κ2) is 6.30. The zero-order chi connectivity index (χ0) is 15.5. The van der Waals surface area contributed by atoms with Crippen LogP contribution in [0.5, 0.6) is 0 Å². The fourth-order valence-electron chi connectivity index (χ4n) is 2.47. The van der Waals surface area contributed by atoms with Crippen LogP contribution in [0.2, 0.25) is 0 Å². The van der Waals surface area contributed by atoms with E-state index in [4.69, 9.17) is 13.8 Å². The lowest BCUT2D eigenvalue weighted by molar-refractivity contribution is 0.432. The van der Waals surface area contributed by atoms with E-state index in [9.17, 15) is 0 Å². The Labute approximate surface area is 138 Å². The van der Waals surface area contributed by atoms with Gasteiger partial charge in [0.05, 0.1) is 12.5 Å². The third-order valence-electron chi connectivity index (χ3n) is 3.55. The number of benzene rings is 1. The summed E-state index contributed by atoms with van der Waals surface area (Å²) in [6.07, 6.45) is 5.18. The average Bonchev–Trinajstić information content (AvgIpc) is 3.33. The number of hydrogen-bond acceptors (Lipinski definition) is 5. The number of amidine groups is 1. The van der Waals surface area contributed by atoms with Crippen molar-refractivity contribution in [1.29, 1.82) is 0 Å². The van der Waals surface area contributed by atoms with Gasteiger partial charge < -0.3 is 8.83 Å². The SMILES string of the molecule is C(=NC1=N[C@H](c2ccco2)[C@H](c2ccco2)S1)c1ccccc1. The molecule has 4 rings (SSSR count). The number of rotatable bonds is 3. The maximum absolute atomic E-state index is 5.57. The van der Waals surface area contributed by atoms with Crippen LogP contribution in [0.25, 0.3) is 0 Å². The molecule has 1 aliphatic rings. The molecule has 4 nitrogen and oxygen atoms in total. The highest BCUT2D eigenvalue weighted by Crippen LogP contribution is 2.48. The van der Waals surface area contributed by atoms with Crippen LogP contribution in [0, 0.1) is 0 Å². The summed E-state index contributed by atoms with van der Waals surface area (Å²) in [5.41, 5.74) is 1.05. The summed E-state index contributed by atoms with van der Waals surface area (Å²) < 4.78 is 11.1. The zero-order valence-electron chi connectivity index (χ0n) is 12.2. The maximum Gasteiger partial charge on any atom is 0.184 e. The van der Waals surface area contributed by atoms with Gasteiger partial charge >= 0.3 is 0 Å². The van der Waals surface area contributed by atoms with Crippen molar-refractivity contribution in [2.75, 3.05) is 0 Å². The molecule has 1 aliphatic heterocycles. The summed E-state index contributed by atoms with van der Waals surface area (Å²) >= 11 is 1.59. The molecule has 1 aromatic carbocycles. The molecule has 0 saturated carbocycles. The van der Waals surface area contributed by atoms with Gasteiger partial charge in [-0.1, -0.05) is 42.1 Å². The van der Waals surface area contributed by atoms with E-state index in [0.717, 1.165) is 22.3 Å². The minimum atomic E-state index is -0.121. The van der Waals surface area contributed by atoms with Crippen LogP contribution >= 0.6 is 11.8 Å². The second-order valence-corrected chi connectivity index (χ2v) is 6.20. The summed E-state index contributed by atoms with van der Waals surface area (Å²) in [4.78, 5) is 9.23.